The highest BCUT2D eigenvalue weighted by Crippen LogP contribution is 2.38. The molecule has 1 aromatic carbocycles. The van der Waals surface area contributed by atoms with Crippen LogP contribution in [0.5, 0.6) is 0 Å². The molecule has 0 aromatic heterocycles. The van der Waals surface area contributed by atoms with Gasteiger partial charge in [0.1, 0.15) is 5.69 Å². The van der Waals surface area contributed by atoms with E-state index in [1.54, 1.807) is 4.90 Å². The molecule has 0 N–H and O–H groups in total. The molecule has 0 radical (unpaired) electrons. The smallest absolute Gasteiger partial charge is 0.366 e. The van der Waals surface area contributed by atoms with Crippen LogP contribution in [0.2, 0.25) is 0 Å². The van der Waals surface area contributed by atoms with Crippen molar-refractivity contribution in [2.75, 3.05) is 31.1 Å². The van der Waals surface area contributed by atoms with Crippen molar-refractivity contribution >= 4 is 17.3 Å². The lowest BCUT2D eigenvalue weighted by Crippen LogP contribution is -2.45. The molecule has 28 heavy (non-hydrogen) atoms. The highest BCUT2D eigenvalue weighted by Gasteiger charge is 2.35. The van der Waals surface area contributed by atoms with Gasteiger partial charge in [-0.1, -0.05) is 6.92 Å². The zero-order valence-electron chi connectivity index (χ0n) is 15.7. The fourth-order valence-corrected chi connectivity index (χ4v) is 3.97. The number of carbonyl (C=O) groups excluding carboxylic acids is 1. The lowest BCUT2D eigenvalue weighted by Gasteiger charge is -2.37. The number of hydrogen-bond acceptors (Lipinski definition) is 4. The number of halogens is 3. The Morgan fingerprint density at radius 1 is 1.11 bits per heavy atom. The molecule has 0 unspecified atom stereocenters. The SMILES string of the molecule is CC1CCN(C(=O)C2CCN(c3ccc(C(F)(F)F)cc3[N+](=O)[O-])CC2)CC1. The summed E-state index contributed by atoms with van der Waals surface area (Å²) in [5.74, 6) is 0.637. The molecule has 2 heterocycles. The van der Waals surface area contributed by atoms with Crippen LogP contribution in [0.4, 0.5) is 24.5 Å². The van der Waals surface area contributed by atoms with Crippen molar-refractivity contribution in [2.45, 2.75) is 38.8 Å². The molecule has 1 amide bonds. The average molecular weight is 399 g/mol. The second-order valence-electron chi connectivity index (χ2n) is 7.73. The summed E-state index contributed by atoms with van der Waals surface area (Å²) in [5.41, 5.74) is -1.41. The number of nitrogens with zero attached hydrogens (tertiary/aromatic N) is 3. The first kappa shape index (κ1) is 20.4. The Kier molecular flexibility index (Phi) is 5.81. The van der Waals surface area contributed by atoms with E-state index < -0.39 is 22.4 Å². The number of amides is 1. The van der Waals surface area contributed by atoms with Crippen molar-refractivity contribution in [1.29, 1.82) is 0 Å². The first-order valence-corrected chi connectivity index (χ1v) is 9.56. The quantitative estimate of drug-likeness (QED) is 0.567. The Morgan fingerprint density at radius 2 is 1.71 bits per heavy atom. The Morgan fingerprint density at radius 3 is 2.25 bits per heavy atom. The number of likely N-dealkylation sites (tertiary alicyclic amines) is 1. The monoisotopic (exact) mass is 399 g/mol. The molecule has 154 valence electrons. The van der Waals surface area contributed by atoms with E-state index in [1.807, 2.05) is 4.90 Å². The van der Waals surface area contributed by atoms with Crippen molar-refractivity contribution in [1.82, 2.24) is 4.90 Å². The second-order valence-corrected chi connectivity index (χ2v) is 7.73. The third-order valence-electron chi connectivity index (χ3n) is 5.78. The number of nitro benzene ring substituents is 1. The van der Waals surface area contributed by atoms with Crippen LogP contribution in [0.3, 0.4) is 0 Å². The van der Waals surface area contributed by atoms with Crippen LogP contribution >= 0.6 is 0 Å². The molecule has 1 aromatic rings. The third kappa shape index (κ3) is 4.39. The van der Waals surface area contributed by atoms with Gasteiger partial charge in [0, 0.05) is 38.2 Å². The number of benzene rings is 1. The van der Waals surface area contributed by atoms with Gasteiger partial charge >= 0.3 is 6.18 Å². The summed E-state index contributed by atoms with van der Waals surface area (Å²) < 4.78 is 38.6. The van der Waals surface area contributed by atoms with E-state index in [-0.39, 0.29) is 17.5 Å². The zero-order valence-corrected chi connectivity index (χ0v) is 15.7. The van der Waals surface area contributed by atoms with E-state index in [4.69, 9.17) is 0 Å². The number of carbonyl (C=O) groups is 1. The Labute approximate surface area is 161 Å². The molecular weight excluding hydrogens is 375 g/mol. The van der Waals surface area contributed by atoms with E-state index >= 15 is 0 Å². The molecule has 6 nitrogen and oxygen atoms in total. The summed E-state index contributed by atoms with van der Waals surface area (Å²) in [6.07, 6.45) is -1.54. The van der Waals surface area contributed by atoms with Crippen molar-refractivity contribution in [3.63, 3.8) is 0 Å². The fourth-order valence-electron chi connectivity index (χ4n) is 3.97. The molecule has 2 aliphatic rings. The van der Waals surface area contributed by atoms with Crippen molar-refractivity contribution in [3.05, 3.63) is 33.9 Å². The molecule has 9 heteroatoms. The van der Waals surface area contributed by atoms with Crippen molar-refractivity contribution in [3.8, 4) is 0 Å². The van der Waals surface area contributed by atoms with Crippen LogP contribution < -0.4 is 4.90 Å². The molecular formula is C19H24F3N3O3. The van der Waals surface area contributed by atoms with Crippen molar-refractivity contribution in [2.24, 2.45) is 11.8 Å². The number of rotatable bonds is 3. The summed E-state index contributed by atoms with van der Waals surface area (Å²) in [4.78, 5) is 26.8. The van der Waals surface area contributed by atoms with Gasteiger partial charge in [-0.2, -0.15) is 13.2 Å². The van der Waals surface area contributed by atoms with Crippen molar-refractivity contribution < 1.29 is 22.9 Å². The summed E-state index contributed by atoms with van der Waals surface area (Å²) in [6.45, 7) is 4.53. The van der Waals surface area contributed by atoms with Crippen LogP contribution in [0.1, 0.15) is 38.2 Å². The highest BCUT2D eigenvalue weighted by atomic mass is 19.4. The van der Waals surface area contributed by atoms with Crippen LogP contribution in [-0.2, 0) is 11.0 Å². The number of hydrogen-bond donors (Lipinski definition) is 0. The average Bonchev–Trinajstić information content (AvgIpc) is 2.67. The largest absolute Gasteiger partial charge is 0.416 e. The maximum Gasteiger partial charge on any atom is 0.416 e. The van der Waals surface area contributed by atoms with Gasteiger partial charge < -0.3 is 9.80 Å². The summed E-state index contributed by atoms with van der Waals surface area (Å²) in [5, 5.41) is 11.3. The van der Waals surface area contributed by atoms with E-state index in [0.29, 0.717) is 37.9 Å². The molecule has 0 spiro atoms. The fraction of sp³-hybridized carbons (Fsp3) is 0.632. The van der Waals surface area contributed by atoms with Gasteiger partial charge in [0.05, 0.1) is 10.5 Å². The van der Waals surface area contributed by atoms with E-state index in [0.717, 1.165) is 38.1 Å². The molecule has 0 saturated carbocycles. The number of alkyl halides is 3. The second kappa shape index (κ2) is 7.97. The lowest BCUT2D eigenvalue weighted by molar-refractivity contribution is -0.384. The Balaban J connectivity index is 1.67. The maximum atomic E-state index is 12.9. The number of piperidine rings is 2. The van der Waals surface area contributed by atoms with Gasteiger partial charge in [-0.05, 0) is 43.7 Å². The summed E-state index contributed by atoms with van der Waals surface area (Å²) in [6, 6.07) is 2.62. The normalized spacial score (nSPS) is 19.7. The number of anilines is 1. The van der Waals surface area contributed by atoms with Gasteiger partial charge in [0.2, 0.25) is 5.91 Å². The van der Waals surface area contributed by atoms with Gasteiger partial charge in [0.15, 0.2) is 0 Å². The van der Waals surface area contributed by atoms with Crippen LogP contribution in [0.25, 0.3) is 0 Å². The van der Waals surface area contributed by atoms with Gasteiger partial charge in [-0.3, -0.25) is 14.9 Å². The van der Waals surface area contributed by atoms with Crippen LogP contribution in [0, 0.1) is 22.0 Å². The zero-order chi connectivity index (χ0) is 20.5. The molecule has 2 aliphatic heterocycles. The Bertz CT molecular complexity index is 738. The van der Waals surface area contributed by atoms with E-state index in [9.17, 15) is 28.1 Å². The minimum Gasteiger partial charge on any atom is -0.366 e. The summed E-state index contributed by atoms with van der Waals surface area (Å²) >= 11 is 0. The van der Waals surface area contributed by atoms with Gasteiger partial charge in [-0.15, -0.1) is 0 Å². The molecule has 0 bridgehead atoms. The van der Waals surface area contributed by atoms with Crippen LogP contribution in [0.15, 0.2) is 18.2 Å². The van der Waals surface area contributed by atoms with Crippen LogP contribution in [-0.4, -0.2) is 41.9 Å². The minimum atomic E-state index is -4.63. The maximum absolute atomic E-state index is 12.9. The Hall–Kier alpha value is -2.32. The third-order valence-corrected chi connectivity index (χ3v) is 5.78. The molecule has 0 aliphatic carbocycles. The van der Waals surface area contributed by atoms with E-state index in [1.165, 1.54) is 0 Å². The first-order valence-electron chi connectivity index (χ1n) is 9.56. The molecule has 0 atom stereocenters. The standard InChI is InChI=1S/C19H24F3N3O3/c1-13-4-8-24(9-5-13)18(26)14-6-10-23(11-7-14)16-3-2-15(19(20,21)22)12-17(16)25(27)28/h2-3,12-14H,4-11H2,1H3. The topological polar surface area (TPSA) is 66.7 Å². The predicted molar refractivity (Wildman–Crippen MR) is 98.0 cm³/mol. The summed E-state index contributed by atoms with van der Waals surface area (Å²) in [7, 11) is 0. The molecule has 2 saturated heterocycles. The highest BCUT2D eigenvalue weighted by molar-refractivity contribution is 5.79. The molecule has 3 rings (SSSR count). The predicted octanol–water partition coefficient (Wildman–Crippen LogP) is 4.09. The number of nitro groups is 1. The molecule has 2 fully saturated rings. The minimum absolute atomic E-state index is 0.127. The lowest BCUT2D eigenvalue weighted by atomic mass is 9.92. The van der Waals surface area contributed by atoms with E-state index in [2.05, 4.69) is 6.92 Å². The first-order chi connectivity index (χ1) is 13.2. The van der Waals surface area contributed by atoms with Gasteiger partial charge in [0.25, 0.3) is 5.69 Å². The van der Waals surface area contributed by atoms with Gasteiger partial charge in [-0.25, -0.2) is 0 Å².